The second kappa shape index (κ2) is 3.37. The number of rotatable bonds is 1. The molecule has 3 heteroatoms. The zero-order chi connectivity index (χ0) is 3.41. The van der Waals surface area contributed by atoms with Gasteiger partial charge in [-0.2, -0.15) is 0 Å². The molecule has 0 atom stereocenters. The van der Waals surface area contributed by atoms with Crippen LogP contribution in [0.2, 0.25) is 0 Å². The summed E-state index contributed by atoms with van der Waals surface area (Å²) in [4.78, 5) is 0. The third kappa shape index (κ3) is 2.37. The summed E-state index contributed by atoms with van der Waals surface area (Å²) < 4.78 is 3.24. The molecule has 0 N–H and O–H groups in total. The van der Waals surface area contributed by atoms with Gasteiger partial charge in [0.15, 0.2) is 0 Å². The van der Waals surface area contributed by atoms with Crippen LogP contribution in [0.3, 0.4) is 0 Å². The van der Waals surface area contributed by atoms with Gasteiger partial charge in [0.2, 0.25) is 0 Å². The molecule has 4 heavy (non-hydrogen) atoms. The second-order valence-electron chi connectivity index (χ2n) is 0.257. The SMILES string of the molecule is CSN=S. The standard InChI is InChI=1S/CH3NS2/c1-4-2-3/h1H3. The van der Waals surface area contributed by atoms with Crippen LogP contribution in [0.1, 0.15) is 0 Å². The third-order valence-electron chi connectivity index (χ3n) is 0.0745. The van der Waals surface area contributed by atoms with E-state index in [0.717, 1.165) is 0 Å². The molecule has 0 spiro atoms. The minimum atomic E-state index is 1.30. The van der Waals surface area contributed by atoms with Crippen molar-refractivity contribution in [1.82, 2.24) is 0 Å². The monoisotopic (exact) mass is 93.0 g/mol. The van der Waals surface area contributed by atoms with E-state index in [4.69, 9.17) is 0 Å². The largest absolute Gasteiger partial charge is 0.148 e. The Morgan fingerprint density at radius 3 is 2.25 bits per heavy atom. The van der Waals surface area contributed by atoms with Crippen LogP contribution in [0.15, 0.2) is 3.77 Å². The lowest BCUT2D eigenvalue weighted by atomic mass is 12.0. The second-order valence-corrected chi connectivity index (χ2v) is 1.22. The molecule has 0 amide bonds. The normalized spacial score (nSPS) is 6.25. The van der Waals surface area contributed by atoms with Crippen LogP contribution in [-0.2, 0) is 12.4 Å². The smallest absolute Gasteiger partial charge is 0.0495 e. The van der Waals surface area contributed by atoms with E-state index in [1.807, 2.05) is 6.26 Å². The highest BCUT2D eigenvalue weighted by Crippen LogP contribution is 1.85. The maximum atomic E-state index is 4.14. The van der Waals surface area contributed by atoms with E-state index >= 15 is 0 Å². The number of hydrogen-bond donors (Lipinski definition) is 0. The molecule has 0 aromatic carbocycles. The summed E-state index contributed by atoms with van der Waals surface area (Å²) in [6.45, 7) is 0. The molecule has 0 bridgehead atoms. The summed E-state index contributed by atoms with van der Waals surface area (Å²) >= 11 is 5.44. The minimum absolute atomic E-state index is 1.30. The van der Waals surface area contributed by atoms with Gasteiger partial charge in [-0.1, -0.05) is 0 Å². The van der Waals surface area contributed by atoms with E-state index in [2.05, 4.69) is 16.2 Å². The van der Waals surface area contributed by atoms with Gasteiger partial charge in [-0.3, -0.25) is 0 Å². The highest BCUT2D eigenvalue weighted by atomic mass is 32.2. The molecular weight excluding hydrogens is 90.2 g/mol. The Labute approximate surface area is 35.1 Å². The van der Waals surface area contributed by atoms with Crippen molar-refractivity contribution in [2.24, 2.45) is 3.77 Å². The number of nitrogens with zero attached hydrogens (tertiary/aromatic N) is 1. The van der Waals surface area contributed by atoms with Gasteiger partial charge in [0.1, 0.15) is 0 Å². The van der Waals surface area contributed by atoms with Gasteiger partial charge in [-0.15, -0.1) is 3.77 Å². The Balaban J connectivity index is 2.30. The lowest BCUT2D eigenvalue weighted by Gasteiger charge is -1.56. The zero-order valence-corrected chi connectivity index (χ0v) is 3.90. The molecule has 0 unspecified atom stereocenters. The van der Waals surface area contributed by atoms with Gasteiger partial charge in [-0.05, 0) is 11.9 Å². The van der Waals surface area contributed by atoms with Gasteiger partial charge < -0.3 is 0 Å². The first-order chi connectivity index (χ1) is 1.91. The van der Waals surface area contributed by atoms with Crippen molar-refractivity contribution in [2.75, 3.05) is 6.26 Å². The van der Waals surface area contributed by atoms with E-state index < -0.39 is 0 Å². The molecule has 0 aliphatic rings. The fraction of sp³-hybridized carbons (Fsp3) is 1.00. The fourth-order valence-corrected chi connectivity index (χ4v) is 0. The average molecular weight is 93.2 g/mol. The third-order valence-corrected chi connectivity index (χ3v) is 0.671. The van der Waals surface area contributed by atoms with Crippen LogP contribution in [0.4, 0.5) is 0 Å². The van der Waals surface area contributed by atoms with Gasteiger partial charge in [0.05, 0.1) is 0 Å². The fourth-order valence-electron chi connectivity index (χ4n) is 0. The molecule has 0 fully saturated rings. The molecule has 0 radical (unpaired) electrons. The van der Waals surface area contributed by atoms with Crippen molar-refractivity contribution in [3.05, 3.63) is 0 Å². The van der Waals surface area contributed by atoms with Crippen molar-refractivity contribution in [3.63, 3.8) is 0 Å². The molecule has 0 aliphatic carbocycles. The Morgan fingerprint density at radius 1 is 2.00 bits per heavy atom. The lowest BCUT2D eigenvalue weighted by Crippen LogP contribution is -1.26. The van der Waals surface area contributed by atoms with Gasteiger partial charge >= 0.3 is 0 Å². The highest BCUT2D eigenvalue weighted by Gasteiger charge is 1.47. The van der Waals surface area contributed by atoms with E-state index in [1.165, 1.54) is 11.9 Å². The van der Waals surface area contributed by atoms with E-state index in [1.54, 1.807) is 0 Å². The van der Waals surface area contributed by atoms with Gasteiger partial charge in [-0.25, -0.2) is 0 Å². The molecule has 0 saturated carbocycles. The van der Waals surface area contributed by atoms with Crippen LogP contribution in [0, 0.1) is 0 Å². The molecule has 24 valence electrons. The first kappa shape index (κ1) is 4.37. The predicted molar refractivity (Wildman–Crippen MR) is 23.3 cm³/mol. The maximum Gasteiger partial charge on any atom is 0.0495 e. The van der Waals surface area contributed by atoms with Crippen LogP contribution >= 0.6 is 11.9 Å². The molecule has 0 rings (SSSR count). The zero-order valence-electron chi connectivity index (χ0n) is 2.26. The van der Waals surface area contributed by atoms with Crippen molar-refractivity contribution < 1.29 is 0 Å². The van der Waals surface area contributed by atoms with Crippen LogP contribution < -0.4 is 0 Å². The lowest BCUT2D eigenvalue weighted by molar-refractivity contribution is 2.08. The Kier molecular flexibility index (Phi) is 3.68. The average Bonchev–Trinajstić information content (AvgIpc) is 1.37. The molecular formula is CH3NS2. The first-order valence-corrected chi connectivity index (χ1v) is 2.32. The predicted octanol–water partition coefficient (Wildman–Crippen LogP) is 0.995. The Bertz CT molecular complexity index is 20.0. The minimum Gasteiger partial charge on any atom is -0.148 e. The summed E-state index contributed by atoms with van der Waals surface area (Å²) in [7, 11) is 0. The molecule has 0 saturated heterocycles. The van der Waals surface area contributed by atoms with Crippen LogP contribution in [0.25, 0.3) is 0 Å². The first-order valence-electron chi connectivity index (χ1n) is 0.773. The summed E-state index contributed by atoms with van der Waals surface area (Å²) in [5.41, 5.74) is 0. The summed E-state index contributed by atoms with van der Waals surface area (Å²) in [5, 5.41) is 0. The summed E-state index contributed by atoms with van der Waals surface area (Å²) in [5.74, 6) is 0. The van der Waals surface area contributed by atoms with E-state index in [0.29, 0.717) is 0 Å². The molecule has 0 aromatic rings. The quantitative estimate of drug-likeness (QED) is 0.448. The van der Waals surface area contributed by atoms with Crippen LogP contribution in [-0.4, -0.2) is 6.26 Å². The molecule has 0 heterocycles. The van der Waals surface area contributed by atoms with E-state index in [9.17, 15) is 0 Å². The van der Waals surface area contributed by atoms with Crippen molar-refractivity contribution in [2.45, 2.75) is 0 Å². The maximum absolute atomic E-state index is 4.14. The Hall–Kier alpha value is 0.370. The van der Waals surface area contributed by atoms with Crippen molar-refractivity contribution in [1.29, 1.82) is 0 Å². The summed E-state index contributed by atoms with van der Waals surface area (Å²) in [6, 6.07) is 0. The van der Waals surface area contributed by atoms with Crippen molar-refractivity contribution >= 4 is 24.4 Å². The molecule has 0 aromatic heterocycles. The van der Waals surface area contributed by atoms with E-state index in [-0.39, 0.29) is 0 Å². The van der Waals surface area contributed by atoms with Gasteiger partial charge in [0, 0.05) is 18.7 Å². The molecule has 1 nitrogen and oxygen atoms in total. The van der Waals surface area contributed by atoms with Crippen molar-refractivity contribution in [3.8, 4) is 0 Å². The Morgan fingerprint density at radius 2 is 2.25 bits per heavy atom. The van der Waals surface area contributed by atoms with Gasteiger partial charge in [0.25, 0.3) is 0 Å². The topological polar surface area (TPSA) is 12.4 Å². The summed E-state index contributed by atoms with van der Waals surface area (Å²) in [6.07, 6.45) is 1.83. The highest BCUT2D eigenvalue weighted by molar-refractivity contribution is 7.99. The molecule has 0 aliphatic heterocycles. The number of hydrogen-bond acceptors (Lipinski definition) is 3. The van der Waals surface area contributed by atoms with Crippen LogP contribution in [0.5, 0.6) is 0 Å².